The molecule has 1 heterocycles. The second kappa shape index (κ2) is 4.73. The quantitative estimate of drug-likeness (QED) is 0.862. The molecule has 0 spiro atoms. The number of sulfonamides is 1. The van der Waals surface area contributed by atoms with E-state index >= 15 is 0 Å². The molecule has 1 atom stereocenters. The lowest BCUT2D eigenvalue weighted by Gasteiger charge is -2.13. The molecule has 1 unspecified atom stereocenters. The molecule has 1 N–H and O–H groups in total. The maximum atomic E-state index is 12.2. The number of benzene rings is 1. The van der Waals surface area contributed by atoms with Gasteiger partial charge >= 0.3 is 0 Å². The maximum Gasteiger partial charge on any atom is 0.234 e. The third-order valence-corrected chi connectivity index (χ3v) is 6.49. The van der Waals surface area contributed by atoms with Crippen LogP contribution < -0.4 is 4.72 Å². The summed E-state index contributed by atoms with van der Waals surface area (Å²) in [5, 5.41) is 1.88. The molecule has 0 radical (unpaired) electrons. The van der Waals surface area contributed by atoms with E-state index in [1.807, 2.05) is 24.3 Å². The maximum absolute atomic E-state index is 12.2. The van der Waals surface area contributed by atoms with Crippen LogP contribution in [0.15, 0.2) is 36.5 Å². The van der Waals surface area contributed by atoms with Crippen LogP contribution in [0, 0.1) is 5.41 Å². The van der Waals surface area contributed by atoms with Crippen LogP contribution in [0.5, 0.6) is 0 Å². The molecule has 4 nitrogen and oxygen atoms in total. The van der Waals surface area contributed by atoms with E-state index in [1.165, 1.54) is 0 Å². The second-order valence-electron chi connectivity index (χ2n) is 5.72. The van der Waals surface area contributed by atoms with Crippen LogP contribution >= 0.6 is 23.2 Å². The first-order valence-corrected chi connectivity index (χ1v) is 8.85. The van der Waals surface area contributed by atoms with Gasteiger partial charge in [0.2, 0.25) is 10.0 Å². The van der Waals surface area contributed by atoms with Gasteiger partial charge in [-0.1, -0.05) is 31.2 Å². The van der Waals surface area contributed by atoms with Gasteiger partial charge in [0.15, 0.2) is 0 Å². The zero-order valence-electron chi connectivity index (χ0n) is 11.3. The van der Waals surface area contributed by atoms with Crippen molar-refractivity contribution in [3.8, 4) is 0 Å². The lowest BCUT2D eigenvalue weighted by molar-refractivity contribution is 0.569. The lowest BCUT2D eigenvalue weighted by Crippen LogP contribution is -2.25. The molecule has 2 aromatic rings. The molecule has 0 saturated heterocycles. The fraction of sp³-hybridized carbons (Fsp3) is 0.357. The summed E-state index contributed by atoms with van der Waals surface area (Å²) in [5.41, 5.74) is -0.612. The molecule has 21 heavy (non-hydrogen) atoms. The topological polar surface area (TPSA) is 59.1 Å². The van der Waals surface area contributed by atoms with Crippen molar-refractivity contribution in [3.63, 3.8) is 0 Å². The number of halogens is 2. The summed E-state index contributed by atoms with van der Waals surface area (Å²) in [6.45, 7) is 1.76. The Morgan fingerprint density at radius 2 is 1.90 bits per heavy atom. The van der Waals surface area contributed by atoms with Crippen molar-refractivity contribution in [3.05, 3.63) is 36.5 Å². The Balaban J connectivity index is 1.81. The van der Waals surface area contributed by atoms with Crippen molar-refractivity contribution in [2.75, 3.05) is 10.5 Å². The van der Waals surface area contributed by atoms with Gasteiger partial charge < -0.3 is 0 Å². The van der Waals surface area contributed by atoms with Crippen molar-refractivity contribution in [2.45, 2.75) is 17.7 Å². The zero-order chi connectivity index (χ0) is 15.3. The minimum Gasteiger partial charge on any atom is -0.267 e. The molecule has 1 aromatic heterocycles. The van der Waals surface area contributed by atoms with Gasteiger partial charge in [-0.05, 0) is 17.9 Å². The Hall–Kier alpha value is -1.04. The number of hydrogen-bond acceptors (Lipinski definition) is 3. The fourth-order valence-corrected chi connectivity index (χ4v) is 4.93. The summed E-state index contributed by atoms with van der Waals surface area (Å²) in [4.78, 5) is 4.12. The van der Waals surface area contributed by atoms with Gasteiger partial charge in [0, 0.05) is 17.0 Å². The summed E-state index contributed by atoms with van der Waals surface area (Å²) in [6, 6.07) is 9.32. The van der Waals surface area contributed by atoms with Gasteiger partial charge in [0.25, 0.3) is 0 Å². The molecule has 1 aromatic carbocycles. The van der Waals surface area contributed by atoms with Crippen LogP contribution in [0.2, 0.25) is 0 Å². The predicted molar refractivity (Wildman–Crippen MR) is 86.3 cm³/mol. The number of rotatable bonds is 4. The largest absolute Gasteiger partial charge is 0.267 e. The summed E-state index contributed by atoms with van der Waals surface area (Å²) in [5.74, 6) is 0.175. The van der Waals surface area contributed by atoms with Crippen LogP contribution in [0.1, 0.15) is 13.3 Å². The van der Waals surface area contributed by atoms with E-state index in [2.05, 4.69) is 9.71 Å². The number of alkyl halides is 2. The minimum atomic E-state index is -3.55. The van der Waals surface area contributed by atoms with Crippen molar-refractivity contribution >= 4 is 49.8 Å². The van der Waals surface area contributed by atoms with E-state index in [0.717, 1.165) is 10.8 Å². The highest BCUT2D eigenvalue weighted by molar-refractivity contribution is 7.92. The Labute approximate surface area is 133 Å². The van der Waals surface area contributed by atoms with Gasteiger partial charge in [-0.25, -0.2) is 13.4 Å². The highest BCUT2D eigenvalue weighted by atomic mass is 35.5. The van der Waals surface area contributed by atoms with Crippen LogP contribution in [0.4, 0.5) is 5.82 Å². The zero-order valence-corrected chi connectivity index (χ0v) is 13.6. The SMILES string of the molecule is CC1(CS(=O)(=O)Nc2cc3ccccc3cn2)CC1(Cl)Cl. The number of nitrogens with zero attached hydrogens (tertiary/aromatic N) is 1. The number of fused-ring (bicyclic) bond motifs is 1. The second-order valence-corrected chi connectivity index (χ2v) is 8.93. The molecule has 0 aliphatic heterocycles. The molecule has 1 aliphatic carbocycles. The minimum absolute atomic E-state index is 0.124. The molecule has 3 rings (SSSR count). The average Bonchev–Trinajstić information content (AvgIpc) is 2.85. The fourth-order valence-electron chi connectivity index (χ4n) is 2.36. The Morgan fingerprint density at radius 1 is 1.29 bits per heavy atom. The summed E-state index contributed by atoms with van der Waals surface area (Å²) in [7, 11) is -3.55. The van der Waals surface area contributed by atoms with Crippen molar-refractivity contribution in [1.29, 1.82) is 0 Å². The average molecular weight is 345 g/mol. The van der Waals surface area contributed by atoms with E-state index < -0.39 is 19.8 Å². The van der Waals surface area contributed by atoms with Gasteiger partial charge in [-0.15, -0.1) is 23.2 Å². The monoisotopic (exact) mass is 344 g/mol. The van der Waals surface area contributed by atoms with Gasteiger partial charge in [-0.3, -0.25) is 4.72 Å². The number of anilines is 1. The lowest BCUT2D eigenvalue weighted by atomic mass is 10.2. The number of nitrogens with one attached hydrogen (secondary N) is 1. The third-order valence-electron chi connectivity index (χ3n) is 3.77. The first-order chi connectivity index (χ1) is 9.71. The highest BCUT2D eigenvalue weighted by Gasteiger charge is 2.64. The van der Waals surface area contributed by atoms with Crippen molar-refractivity contribution in [1.82, 2.24) is 4.98 Å². The van der Waals surface area contributed by atoms with Gasteiger partial charge in [0.1, 0.15) is 10.2 Å². The molecule has 1 aliphatic rings. The summed E-state index contributed by atoms with van der Waals surface area (Å²) >= 11 is 12.0. The van der Waals surface area contributed by atoms with E-state index in [-0.39, 0.29) is 5.75 Å². The van der Waals surface area contributed by atoms with Crippen LogP contribution in [-0.2, 0) is 10.0 Å². The van der Waals surface area contributed by atoms with E-state index in [1.54, 1.807) is 19.2 Å². The first kappa shape index (κ1) is 14.9. The smallest absolute Gasteiger partial charge is 0.234 e. The highest BCUT2D eigenvalue weighted by Crippen LogP contribution is 2.64. The number of aromatic nitrogens is 1. The van der Waals surface area contributed by atoms with Crippen molar-refractivity contribution in [2.24, 2.45) is 5.41 Å². The Morgan fingerprint density at radius 3 is 2.52 bits per heavy atom. The summed E-state index contributed by atoms with van der Waals surface area (Å²) in [6.07, 6.45) is 2.11. The van der Waals surface area contributed by atoms with Gasteiger partial charge in [-0.2, -0.15) is 0 Å². The van der Waals surface area contributed by atoms with Crippen molar-refractivity contribution < 1.29 is 8.42 Å². The van der Waals surface area contributed by atoms with E-state index in [4.69, 9.17) is 23.2 Å². The molecule has 0 bridgehead atoms. The molecule has 7 heteroatoms. The third kappa shape index (κ3) is 2.96. The van der Waals surface area contributed by atoms with E-state index in [0.29, 0.717) is 12.2 Å². The molecular weight excluding hydrogens is 331 g/mol. The van der Waals surface area contributed by atoms with E-state index in [9.17, 15) is 8.42 Å². The molecule has 0 amide bonds. The molecule has 1 fully saturated rings. The first-order valence-electron chi connectivity index (χ1n) is 6.44. The molecule has 1 saturated carbocycles. The number of pyridine rings is 1. The molecule has 112 valence electrons. The number of hydrogen-bond donors (Lipinski definition) is 1. The Kier molecular flexibility index (Phi) is 3.35. The predicted octanol–water partition coefficient (Wildman–Crippen LogP) is 3.56. The molecular formula is C14H14Cl2N2O2S. The summed E-state index contributed by atoms with van der Waals surface area (Å²) < 4.78 is 26.0. The van der Waals surface area contributed by atoms with Crippen LogP contribution in [0.3, 0.4) is 0 Å². The van der Waals surface area contributed by atoms with Crippen LogP contribution in [-0.4, -0.2) is 23.5 Å². The standard InChI is InChI=1S/C14H14Cl2N2O2S/c1-13(8-14(13,15)16)9-21(19,20)18-12-6-10-4-2-3-5-11(10)7-17-12/h2-7H,8-9H2,1H3,(H,17,18). The Bertz CT molecular complexity index is 807. The van der Waals surface area contributed by atoms with Gasteiger partial charge in [0.05, 0.1) is 5.75 Å². The normalized spacial score (nSPS) is 24.0. The van der Waals surface area contributed by atoms with Crippen LogP contribution in [0.25, 0.3) is 10.8 Å².